The molecule has 10 heteroatoms. The van der Waals surface area contributed by atoms with Crippen molar-refractivity contribution in [2.24, 2.45) is 5.92 Å². The number of rotatable bonds is 8. The molecule has 214 valence electrons. The highest BCUT2D eigenvalue weighted by molar-refractivity contribution is 5.96. The number of piperazine rings is 1. The lowest BCUT2D eigenvalue weighted by Gasteiger charge is -2.42. The van der Waals surface area contributed by atoms with Crippen LogP contribution in [-0.2, 0) is 25.5 Å². The third kappa shape index (κ3) is 6.97. The van der Waals surface area contributed by atoms with Crippen molar-refractivity contribution in [3.05, 3.63) is 65.5 Å². The van der Waals surface area contributed by atoms with Crippen LogP contribution in [0.5, 0.6) is 5.75 Å². The minimum Gasteiger partial charge on any atom is -0.497 e. The molecule has 1 saturated carbocycles. The van der Waals surface area contributed by atoms with E-state index < -0.39 is 35.7 Å². The summed E-state index contributed by atoms with van der Waals surface area (Å²) in [4.78, 5) is 56.2. The van der Waals surface area contributed by atoms with E-state index >= 15 is 0 Å². The summed E-state index contributed by atoms with van der Waals surface area (Å²) in [6, 6.07) is 10.5. The lowest BCUT2D eigenvalue weighted by Crippen LogP contribution is -2.63. The largest absolute Gasteiger partial charge is 0.497 e. The maximum atomic E-state index is 13.8. The second-order valence-corrected chi connectivity index (χ2v) is 10.3. The molecule has 0 spiro atoms. The number of halogens is 1. The maximum Gasteiger partial charge on any atom is 0.328 e. The Morgan fingerprint density at radius 2 is 1.73 bits per heavy atom. The fourth-order valence-corrected chi connectivity index (χ4v) is 5.44. The number of carbonyl (C=O) groups is 4. The quantitative estimate of drug-likeness (QED) is 0.504. The standard InChI is InChI=1S/C30H36FN3O6/c1-39-24-13-11-20(12-14-24)17-25(30(38)40-2)32-27(35)26-19-33(28(36)22-9-6-10-23(31)18-22)15-16-34(26)29(37)21-7-4-3-5-8-21/h6,9-14,18,21,25-26H,3-5,7-8,15-17,19H2,1-2H3,(H,32,35)/t25-,26-/m0/s1. The molecule has 1 saturated heterocycles. The summed E-state index contributed by atoms with van der Waals surface area (Å²) in [6.45, 7) is 0.301. The number of hydrogen-bond acceptors (Lipinski definition) is 6. The molecule has 0 unspecified atom stereocenters. The summed E-state index contributed by atoms with van der Waals surface area (Å²) in [5.41, 5.74) is 0.941. The van der Waals surface area contributed by atoms with E-state index in [0.717, 1.165) is 43.7 Å². The number of methoxy groups -OCH3 is 2. The first-order valence-electron chi connectivity index (χ1n) is 13.7. The van der Waals surface area contributed by atoms with E-state index in [1.807, 2.05) is 0 Å². The highest BCUT2D eigenvalue weighted by Crippen LogP contribution is 2.27. The van der Waals surface area contributed by atoms with Gasteiger partial charge in [0.25, 0.3) is 5.91 Å². The predicted molar refractivity (Wildman–Crippen MR) is 145 cm³/mol. The minimum absolute atomic E-state index is 0.0733. The molecule has 2 aromatic rings. The van der Waals surface area contributed by atoms with Crippen LogP contribution in [0, 0.1) is 11.7 Å². The molecular formula is C30H36FN3O6. The monoisotopic (exact) mass is 553 g/mol. The predicted octanol–water partition coefficient (Wildman–Crippen LogP) is 2.97. The van der Waals surface area contributed by atoms with Crippen molar-refractivity contribution in [2.75, 3.05) is 33.9 Å². The summed E-state index contributed by atoms with van der Waals surface area (Å²) < 4.78 is 24.0. The fraction of sp³-hybridized carbons (Fsp3) is 0.467. The first-order valence-corrected chi connectivity index (χ1v) is 13.7. The molecule has 0 radical (unpaired) electrons. The van der Waals surface area contributed by atoms with Crippen LogP contribution in [0.3, 0.4) is 0 Å². The fourth-order valence-electron chi connectivity index (χ4n) is 5.44. The molecule has 40 heavy (non-hydrogen) atoms. The molecule has 3 amide bonds. The highest BCUT2D eigenvalue weighted by atomic mass is 19.1. The second-order valence-electron chi connectivity index (χ2n) is 10.3. The van der Waals surface area contributed by atoms with Crippen LogP contribution in [0.15, 0.2) is 48.5 Å². The van der Waals surface area contributed by atoms with Gasteiger partial charge in [-0.15, -0.1) is 0 Å². The van der Waals surface area contributed by atoms with E-state index in [2.05, 4.69) is 5.32 Å². The van der Waals surface area contributed by atoms with Gasteiger partial charge in [-0.3, -0.25) is 14.4 Å². The summed E-state index contributed by atoms with van der Waals surface area (Å²) >= 11 is 0. The Labute approximate surface area is 233 Å². The van der Waals surface area contributed by atoms with Gasteiger partial charge >= 0.3 is 5.97 Å². The van der Waals surface area contributed by atoms with Gasteiger partial charge in [0.05, 0.1) is 20.8 Å². The van der Waals surface area contributed by atoms with Gasteiger partial charge in [-0.05, 0) is 48.7 Å². The van der Waals surface area contributed by atoms with Crippen molar-refractivity contribution in [2.45, 2.75) is 50.6 Å². The number of amides is 3. The van der Waals surface area contributed by atoms with Crippen molar-refractivity contribution in [3.63, 3.8) is 0 Å². The van der Waals surface area contributed by atoms with Crippen LogP contribution in [0.2, 0.25) is 0 Å². The van der Waals surface area contributed by atoms with Gasteiger partial charge in [0.2, 0.25) is 11.8 Å². The van der Waals surface area contributed by atoms with Gasteiger partial charge < -0.3 is 24.6 Å². The van der Waals surface area contributed by atoms with Crippen LogP contribution < -0.4 is 10.1 Å². The van der Waals surface area contributed by atoms with Gasteiger partial charge in [0, 0.05) is 31.0 Å². The maximum absolute atomic E-state index is 13.8. The van der Waals surface area contributed by atoms with Crippen LogP contribution in [-0.4, -0.2) is 79.4 Å². The first-order chi connectivity index (χ1) is 19.3. The second kappa shape index (κ2) is 13.4. The molecule has 1 N–H and O–H groups in total. The van der Waals surface area contributed by atoms with Crippen molar-refractivity contribution in [3.8, 4) is 5.75 Å². The van der Waals surface area contributed by atoms with Crippen LogP contribution in [0.4, 0.5) is 4.39 Å². The van der Waals surface area contributed by atoms with E-state index in [4.69, 9.17) is 9.47 Å². The molecule has 9 nitrogen and oxygen atoms in total. The van der Waals surface area contributed by atoms with E-state index in [-0.39, 0.29) is 43.4 Å². The molecule has 1 aliphatic heterocycles. The third-order valence-corrected chi connectivity index (χ3v) is 7.68. The number of carbonyl (C=O) groups excluding carboxylic acids is 4. The van der Waals surface area contributed by atoms with Crippen molar-refractivity contribution in [1.29, 1.82) is 0 Å². The number of nitrogens with zero attached hydrogens (tertiary/aromatic N) is 2. The molecule has 0 bridgehead atoms. The third-order valence-electron chi connectivity index (χ3n) is 7.68. The summed E-state index contributed by atoms with van der Waals surface area (Å²) in [6.07, 6.45) is 4.68. The van der Waals surface area contributed by atoms with E-state index in [0.29, 0.717) is 5.75 Å². The number of hydrogen-bond donors (Lipinski definition) is 1. The Morgan fingerprint density at radius 3 is 2.38 bits per heavy atom. The summed E-state index contributed by atoms with van der Waals surface area (Å²) in [5.74, 6) is -1.77. The molecule has 0 aromatic heterocycles. The molecule has 2 atom stereocenters. The highest BCUT2D eigenvalue weighted by Gasteiger charge is 2.40. The molecule has 2 aromatic carbocycles. The topological polar surface area (TPSA) is 105 Å². The smallest absolute Gasteiger partial charge is 0.328 e. The minimum atomic E-state index is -1.01. The SMILES string of the molecule is COC(=O)[C@H](Cc1ccc(OC)cc1)NC(=O)[C@@H]1CN(C(=O)c2cccc(F)c2)CCN1C(=O)C1CCCCC1. The van der Waals surface area contributed by atoms with E-state index in [1.165, 1.54) is 30.2 Å². The number of benzene rings is 2. The number of ether oxygens (including phenoxy) is 2. The average molecular weight is 554 g/mol. The molecule has 1 heterocycles. The molecular weight excluding hydrogens is 517 g/mol. The van der Waals surface area contributed by atoms with Gasteiger partial charge in [-0.25, -0.2) is 9.18 Å². The van der Waals surface area contributed by atoms with E-state index in [1.54, 1.807) is 36.3 Å². The van der Waals surface area contributed by atoms with Crippen LogP contribution >= 0.6 is 0 Å². The Hall–Kier alpha value is -3.95. The number of esters is 1. The average Bonchev–Trinajstić information content (AvgIpc) is 3.00. The molecule has 1 aliphatic carbocycles. The zero-order valence-corrected chi connectivity index (χ0v) is 22.9. The van der Waals surface area contributed by atoms with Crippen molar-refractivity contribution < 1.29 is 33.0 Å². The lowest BCUT2D eigenvalue weighted by atomic mass is 9.87. The van der Waals surface area contributed by atoms with Crippen LogP contribution in [0.25, 0.3) is 0 Å². The summed E-state index contributed by atoms with van der Waals surface area (Å²) in [7, 11) is 2.80. The summed E-state index contributed by atoms with van der Waals surface area (Å²) in [5, 5.41) is 2.77. The molecule has 4 rings (SSSR count). The zero-order chi connectivity index (χ0) is 28.6. The number of nitrogens with one attached hydrogen (secondary N) is 1. The Balaban J connectivity index is 1.56. The van der Waals surface area contributed by atoms with Gasteiger partial charge in [-0.2, -0.15) is 0 Å². The Morgan fingerprint density at radius 1 is 1.00 bits per heavy atom. The van der Waals surface area contributed by atoms with Crippen molar-refractivity contribution in [1.82, 2.24) is 15.1 Å². The Kier molecular flexibility index (Phi) is 9.74. The van der Waals surface area contributed by atoms with Gasteiger partial charge in [0.1, 0.15) is 23.7 Å². The lowest BCUT2D eigenvalue weighted by molar-refractivity contribution is -0.150. The van der Waals surface area contributed by atoms with Gasteiger partial charge in [-0.1, -0.05) is 37.5 Å². The zero-order valence-electron chi connectivity index (χ0n) is 22.9. The van der Waals surface area contributed by atoms with E-state index in [9.17, 15) is 23.6 Å². The molecule has 2 fully saturated rings. The van der Waals surface area contributed by atoms with Crippen molar-refractivity contribution >= 4 is 23.7 Å². The molecule has 2 aliphatic rings. The normalized spacial score (nSPS) is 18.5. The Bertz CT molecular complexity index is 1210. The first kappa shape index (κ1) is 29.0. The van der Waals surface area contributed by atoms with Crippen LogP contribution in [0.1, 0.15) is 48.0 Å². The van der Waals surface area contributed by atoms with Gasteiger partial charge in [0.15, 0.2) is 0 Å².